The predicted octanol–water partition coefficient (Wildman–Crippen LogP) is 6.38. The maximum atomic E-state index is 3.57. The van der Waals surface area contributed by atoms with Crippen LogP contribution in [0.3, 0.4) is 0 Å². The van der Waals surface area contributed by atoms with Gasteiger partial charge in [-0.3, -0.25) is 0 Å². The standard InChI is InChI=1S/C16H24Br2/c1-2-3-4-5-6-7-8-14-9-10-15(12-17)16(11-14)13-18/h9-11H,2-8,12-13H2,1H3. The molecule has 0 saturated heterocycles. The summed E-state index contributed by atoms with van der Waals surface area (Å²) in [6.45, 7) is 2.27. The van der Waals surface area contributed by atoms with Gasteiger partial charge in [0, 0.05) is 10.7 Å². The molecule has 0 atom stereocenters. The molecule has 0 unspecified atom stereocenters. The number of hydrogen-bond donors (Lipinski definition) is 0. The minimum absolute atomic E-state index is 0.950. The monoisotopic (exact) mass is 374 g/mol. The second kappa shape index (κ2) is 10.0. The van der Waals surface area contributed by atoms with Gasteiger partial charge in [-0.15, -0.1) is 0 Å². The number of aryl methyl sites for hydroxylation is 1. The summed E-state index contributed by atoms with van der Waals surface area (Å²) in [6, 6.07) is 6.91. The first-order chi connectivity index (χ1) is 8.81. The lowest BCUT2D eigenvalue weighted by Crippen LogP contribution is -1.92. The minimum atomic E-state index is 0.950. The Bertz CT molecular complexity index is 334. The molecular formula is C16H24Br2. The van der Waals surface area contributed by atoms with Gasteiger partial charge in [-0.1, -0.05) is 89.1 Å². The van der Waals surface area contributed by atoms with Crippen molar-refractivity contribution in [1.29, 1.82) is 0 Å². The Morgan fingerprint density at radius 1 is 0.833 bits per heavy atom. The number of hydrogen-bond acceptors (Lipinski definition) is 0. The fourth-order valence-corrected chi connectivity index (χ4v) is 3.27. The van der Waals surface area contributed by atoms with Gasteiger partial charge >= 0.3 is 0 Å². The van der Waals surface area contributed by atoms with Crippen molar-refractivity contribution in [1.82, 2.24) is 0 Å². The third-order valence-corrected chi connectivity index (χ3v) is 4.59. The smallest absolute Gasteiger partial charge is 0.0286 e. The van der Waals surface area contributed by atoms with Gasteiger partial charge in [0.25, 0.3) is 0 Å². The van der Waals surface area contributed by atoms with Gasteiger partial charge in [0.15, 0.2) is 0 Å². The summed E-state index contributed by atoms with van der Waals surface area (Å²) in [7, 11) is 0. The highest BCUT2D eigenvalue weighted by Crippen LogP contribution is 2.19. The van der Waals surface area contributed by atoms with E-state index in [9.17, 15) is 0 Å². The molecule has 0 aromatic heterocycles. The van der Waals surface area contributed by atoms with E-state index < -0.39 is 0 Å². The first-order valence-electron chi connectivity index (χ1n) is 7.04. The van der Waals surface area contributed by atoms with Crippen molar-refractivity contribution in [3.8, 4) is 0 Å². The molecule has 0 bridgehead atoms. The maximum Gasteiger partial charge on any atom is 0.0286 e. The topological polar surface area (TPSA) is 0 Å². The van der Waals surface area contributed by atoms with Gasteiger partial charge in [-0.25, -0.2) is 0 Å². The van der Waals surface area contributed by atoms with Crippen LogP contribution in [0.1, 0.15) is 62.1 Å². The lowest BCUT2D eigenvalue weighted by molar-refractivity contribution is 0.607. The van der Waals surface area contributed by atoms with Crippen molar-refractivity contribution >= 4 is 31.9 Å². The molecule has 0 amide bonds. The number of halogens is 2. The molecule has 1 aromatic carbocycles. The Morgan fingerprint density at radius 2 is 1.50 bits per heavy atom. The number of benzene rings is 1. The van der Waals surface area contributed by atoms with Crippen LogP contribution in [-0.2, 0) is 17.1 Å². The molecule has 0 spiro atoms. The summed E-state index contributed by atoms with van der Waals surface area (Å²) in [5.41, 5.74) is 4.32. The average molecular weight is 376 g/mol. The average Bonchev–Trinajstić information content (AvgIpc) is 2.42. The van der Waals surface area contributed by atoms with Gasteiger partial charge in [0.1, 0.15) is 0 Å². The van der Waals surface area contributed by atoms with E-state index in [-0.39, 0.29) is 0 Å². The van der Waals surface area contributed by atoms with Crippen LogP contribution in [0.15, 0.2) is 18.2 Å². The van der Waals surface area contributed by atoms with Gasteiger partial charge in [0.2, 0.25) is 0 Å². The molecule has 18 heavy (non-hydrogen) atoms. The van der Waals surface area contributed by atoms with Crippen LogP contribution in [0.2, 0.25) is 0 Å². The first kappa shape index (κ1) is 16.2. The fourth-order valence-electron chi connectivity index (χ4n) is 2.20. The van der Waals surface area contributed by atoms with Crippen molar-refractivity contribution in [2.45, 2.75) is 62.5 Å². The number of alkyl halides is 2. The summed E-state index contributed by atoms with van der Waals surface area (Å²) in [5, 5.41) is 1.91. The minimum Gasteiger partial charge on any atom is -0.0876 e. The van der Waals surface area contributed by atoms with Crippen LogP contribution in [0.5, 0.6) is 0 Å². The number of unbranched alkanes of at least 4 members (excludes halogenated alkanes) is 5. The van der Waals surface area contributed by atoms with E-state index in [1.54, 1.807) is 0 Å². The second-order valence-electron chi connectivity index (χ2n) is 4.89. The molecule has 0 aliphatic carbocycles. The molecule has 1 rings (SSSR count). The Labute approximate surface area is 129 Å². The van der Waals surface area contributed by atoms with Crippen molar-refractivity contribution < 1.29 is 0 Å². The molecule has 2 heteroatoms. The molecule has 0 saturated carbocycles. The number of rotatable bonds is 9. The molecule has 0 heterocycles. The molecule has 0 nitrogen and oxygen atoms in total. The van der Waals surface area contributed by atoms with E-state index in [4.69, 9.17) is 0 Å². The lowest BCUT2D eigenvalue weighted by atomic mass is 10.0. The van der Waals surface area contributed by atoms with Crippen LogP contribution >= 0.6 is 31.9 Å². The Hall–Kier alpha value is 0.180. The predicted molar refractivity (Wildman–Crippen MR) is 88.8 cm³/mol. The van der Waals surface area contributed by atoms with E-state index in [1.807, 2.05) is 0 Å². The zero-order chi connectivity index (χ0) is 13.2. The third kappa shape index (κ3) is 5.88. The normalized spacial score (nSPS) is 10.8. The maximum absolute atomic E-state index is 3.57. The zero-order valence-electron chi connectivity index (χ0n) is 11.4. The fraction of sp³-hybridized carbons (Fsp3) is 0.625. The molecule has 0 radical (unpaired) electrons. The zero-order valence-corrected chi connectivity index (χ0v) is 14.5. The van der Waals surface area contributed by atoms with Crippen LogP contribution in [0, 0.1) is 0 Å². The molecule has 0 aliphatic heterocycles. The summed E-state index contributed by atoms with van der Waals surface area (Å²) in [6.07, 6.45) is 9.48. The summed E-state index contributed by atoms with van der Waals surface area (Å²) in [4.78, 5) is 0. The van der Waals surface area contributed by atoms with Crippen LogP contribution in [0.25, 0.3) is 0 Å². The molecule has 102 valence electrons. The highest BCUT2D eigenvalue weighted by Gasteiger charge is 2.02. The SMILES string of the molecule is CCCCCCCCc1ccc(CBr)c(CBr)c1. The summed E-state index contributed by atoms with van der Waals surface area (Å²) >= 11 is 7.11. The van der Waals surface area contributed by atoms with E-state index >= 15 is 0 Å². The molecule has 0 N–H and O–H groups in total. The van der Waals surface area contributed by atoms with E-state index in [0.29, 0.717) is 0 Å². The van der Waals surface area contributed by atoms with Gasteiger partial charge in [0.05, 0.1) is 0 Å². The summed E-state index contributed by atoms with van der Waals surface area (Å²) in [5.74, 6) is 0. The van der Waals surface area contributed by atoms with E-state index in [1.165, 1.54) is 61.6 Å². The first-order valence-corrected chi connectivity index (χ1v) is 9.28. The van der Waals surface area contributed by atoms with Crippen molar-refractivity contribution in [2.24, 2.45) is 0 Å². The summed E-state index contributed by atoms with van der Waals surface area (Å²) < 4.78 is 0. The quantitative estimate of drug-likeness (QED) is 0.347. The van der Waals surface area contributed by atoms with E-state index in [2.05, 4.69) is 57.0 Å². The van der Waals surface area contributed by atoms with Gasteiger partial charge in [-0.2, -0.15) is 0 Å². The Kier molecular flexibility index (Phi) is 9.04. The van der Waals surface area contributed by atoms with Crippen LogP contribution in [-0.4, -0.2) is 0 Å². The van der Waals surface area contributed by atoms with Gasteiger partial charge in [-0.05, 0) is 29.5 Å². The third-order valence-electron chi connectivity index (χ3n) is 3.38. The highest BCUT2D eigenvalue weighted by molar-refractivity contribution is 9.09. The van der Waals surface area contributed by atoms with Crippen molar-refractivity contribution in [2.75, 3.05) is 0 Å². The highest BCUT2D eigenvalue weighted by atomic mass is 79.9. The Morgan fingerprint density at radius 3 is 2.17 bits per heavy atom. The van der Waals surface area contributed by atoms with Crippen LogP contribution in [0.4, 0.5) is 0 Å². The van der Waals surface area contributed by atoms with Gasteiger partial charge < -0.3 is 0 Å². The van der Waals surface area contributed by atoms with Crippen LogP contribution < -0.4 is 0 Å². The molecule has 0 aliphatic rings. The van der Waals surface area contributed by atoms with Crippen molar-refractivity contribution in [3.63, 3.8) is 0 Å². The molecular weight excluding hydrogens is 352 g/mol. The lowest BCUT2D eigenvalue weighted by Gasteiger charge is -2.08. The van der Waals surface area contributed by atoms with E-state index in [0.717, 1.165) is 10.7 Å². The molecule has 1 aromatic rings. The molecule has 0 fully saturated rings. The Balaban J connectivity index is 2.34. The van der Waals surface area contributed by atoms with Crippen molar-refractivity contribution in [3.05, 3.63) is 34.9 Å². The second-order valence-corrected chi connectivity index (χ2v) is 6.01. The largest absolute Gasteiger partial charge is 0.0876 e.